The first-order chi connectivity index (χ1) is 16.5. The second kappa shape index (κ2) is 11.5. The van der Waals surface area contributed by atoms with Gasteiger partial charge in [0.25, 0.3) is 0 Å². The van der Waals surface area contributed by atoms with Gasteiger partial charge in [-0.1, -0.05) is 36.7 Å². The normalized spacial score (nSPS) is 14.5. The average Bonchev–Trinajstić information content (AvgIpc) is 3.16. The van der Waals surface area contributed by atoms with Gasteiger partial charge >= 0.3 is 5.69 Å². The summed E-state index contributed by atoms with van der Waals surface area (Å²) in [6, 6.07) is 14.5. The molecular formula is C25H31ClFN5O2. The van der Waals surface area contributed by atoms with Crippen LogP contribution in [-0.4, -0.2) is 58.6 Å². The fourth-order valence-corrected chi connectivity index (χ4v) is 4.42. The van der Waals surface area contributed by atoms with Gasteiger partial charge in [-0.25, -0.2) is 13.9 Å². The van der Waals surface area contributed by atoms with Crippen LogP contribution in [0.4, 0.5) is 10.1 Å². The Hall–Kier alpha value is -2.84. The van der Waals surface area contributed by atoms with Crippen LogP contribution in [0.25, 0.3) is 0 Å². The van der Waals surface area contributed by atoms with Crippen LogP contribution in [0.3, 0.4) is 0 Å². The molecule has 0 amide bonds. The molecule has 2 heterocycles. The van der Waals surface area contributed by atoms with Crippen molar-refractivity contribution in [2.24, 2.45) is 0 Å². The number of hydrogen-bond acceptors (Lipinski definition) is 5. The van der Waals surface area contributed by atoms with Crippen molar-refractivity contribution in [3.05, 3.63) is 75.7 Å². The van der Waals surface area contributed by atoms with E-state index in [9.17, 15) is 9.18 Å². The topological polar surface area (TPSA) is 55.5 Å². The van der Waals surface area contributed by atoms with Crippen LogP contribution in [0.1, 0.15) is 19.2 Å². The van der Waals surface area contributed by atoms with Crippen LogP contribution in [0.2, 0.25) is 5.02 Å². The summed E-state index contributed by atoms with van der Waals surface area (Å²) in [6.07, 6.45) is 1.55. The molecule has 0 bridgehead atoms. The van der Waals surface area contributed by atoms with E-state index in [1.807, 2.05) is 37.3 Å². The fourth-order valence-electron chi connectivity index (χ4n) is 4.24. The maximum absolute atomic E-state index is 13.4. The molecule has 0 N–H and O–H groups in total. The fraction of sp³-hybridized carbons (Fsp3) is 0.440. The molecule has 1 aliphatic rings. The number of nitrogens with zero attached hydrogens (tertiary/aromatic N) is 5. The summed E-state index contributed by atoms with van der Waals surface area (Å²) in [7, 11) is 0. The predicted octanol–water partition coefficient (Wildman–Crippen LogP) is 3.69. The average molecular weight is 488 g/mol. The van der Waals surface area contributed by atoms with Gasteiger partial charge in [-0.05, 0) is 36.8 Å². The molecule has 0 spiro atoms. The molecule has 0 saturated carbocycles. The zero-order valence-electron chi connectivity index (χ0n) is 19.5. The van der Waals surface area contributed by atoms with E-state index in [-0.39, 0.29) is 10.7 Å². The van der Waals surface area contributed by atoms with Crippen molar-refractivity contribution < 1.29 is 9.13 Å². The Morgan fingerprint density at radius 1 is 1.03 bits per heavy atom. The zero-order valence-corrected chi connectivity index (χ0v) is 20.3. The molecular weight excluding hydrogens is 457 g/mol. The third kappa shape index (κ3) is 5.98. The van der Waals surface area contributed by atoms with Crippen molar-refractivity contribution in [2.45, 2.75) is 32.9 Å². The van der Waals surface area contributed by atoms with Crippen LogP contribution in [0.5, 0.6) is 5.75 Å². The number of hydrogen-bond donors (Lipinski definition) is 0. The van der Waals surface area contributed by atoms with Gasteiger partial charge in [0.15, 0.2) is 0 Å². The van der Waals surface area contributed by atoms with E-state index in [4.69, 9.17) is 16.3 Å². The number of benzene rings is 2. The van der Waals surface area contributed by atoms with Crippen molar-refractivity contribution in [2.75, 3.05) is 44.2 Å². The molecule has 3 aromatic rings. The van der Waals surface area contributed by atoms with E-state index in [0.717, 1.165) is 56.4 Å². The number of aryl methyl sites for hydroxylation is 2. The molecule has 0 aliphatic carbocycles. The summed E-state index contributed by atoms with van der Waals surface area (Å²) >= 11 is 5.93. The van der Waals surface area contributed by atoms with Crippen molar-refractivity contribution in [1.29, 1.82) is 0 Å². The number of para-hydroxylation sites is 1. The Balaban J connectivity index is 1.24. The Kier molecular flexibility index (Phi) is 8.24. The molecule has 1 aliphatic heterocycles. The third-order valence-electron chi connectivity index (χ3n) is 6.13. The van der Waals surface area contributed by atoms with Gasteiger partial charge in [0.1, 0.15) is 24.0 Å². The Bertz CT molecular complexity index is 1130. The molecule has 0 atom stereocenters. The summed E-state index contributed by atoms with van der Waals surface area (Å²) in [5.74, 6) is 1.19. The van der Waals surface area contributed by atoms with E-state index in [1.54, 1.807) is 21.4 Å². The molecule has 34 heavy (non-hydrogen) atoms. The van der Waals surface area contributed by atoms with Crippen molar-refractivity contribution in [3.63, 3.8) is 0 Å². The molecule has 4 rings (SSSR count). The van der Waals surface area contributed by atoms with E-state index < -0.39 is 5.82 Å². The Labute approximate surface area is 204 Å². The first kappa shape index (κ1) is 24.3. The van der Waals surface area contributed by atoms with E-state index >= 15 is 0 Å². The van der Waals surface area contributed by atoms with Gasteiger partial charge in [-0.3, -0.25) is 9.47 Å². The zero-order chi connectivity index (χ0) is 23.9. The van der Waals surface area contributed by atoms with Gasteiger partial charge in [0.05, 0.1) is 11.6 Å². The maximum atomic E-state index is 13.4. The second-order valence-electron chi connectivity index (χ2n) is 8.37. The number of anilines is 1. The third-order valence-corrected chi connectivity index (χ3v) is 6.42. The number of rotatable bonds is 10. The van der Waals surface area contributed by atoms with Crippen LogP contribution < -0.4 is 15.3 Å². The van der Waals surface area contributed by atoms with Gasteiger partial charge in [-0.15, -0.1) is 0 Å². The van der Waals surface area contributed by atoms with Crippen LogP contribution >= 0.6 is 11.6 Å². The quantitative estimate of drug-likeness (QED) is 0.436. The minimum absolute atomic E-state index is 0.0773. The van der Waals surface area contributed by atoms with Gasteiger partial charge < -0.3 is 9.64 Å². The highest BCUT2D eigenvalue weighted by atomic mass is 35.5. The molecule has 2 aromatic carbocycles. The van der Waals surface area contributed by atoms with Crippen molar-refractivity contribution in [1.82, 2.24) is 19.2 Å². The predicted molar refractivity (Wildman–Crippen MR) is 132 cm³/mol. The highest BCUT2D eigenvalue weighted by molar-refractivity contribution is 6.31. The van der Waals surface area contributed by atoms with E-state index in [1.165, 1.54) is 6.07 Å². The number of piperazine rings is 1. The van der Waals surface area contributed by atoms with Gasteiger partial charge in [-0.2, -0.15) is 5.10 Å². The summed E-state index contributed by atoms with van der Waals surface area (Å²) in [5, 5.41) is 4.70. The van der Waals surface area contributed by atoms with Crippen LogP contribution in [0, 0.1) is 5.82 Å². The lowest BCUT2D eigenvalue weighted by molar-refractivity contribution is 0.248. The Morgan fingerprint density at radius 2 is 1.79 bits per heavy atom. The monoisotopic (exact) mass is 487 g/mol. The SMILES string of the molecule is CCc1nn(CCCN2CCN(c3ccc(F)c(Cl)c3)CC2)c(=O)n1CCOc1ccccc1. The molecule has 1 aromatic heterocycles. The van der Waals surface area contributed by atoms with Crippen LogP contribution in [-0.2, 0) is 19.5 Å². The maximum Gasteiger partial charge on any atom is 0.346 e. The molecule has 0 unspecified atom stereocenters. The van der Waals surface area contributed by atoms with Crippen LogP contribution in [0.15, 0.2) is 53.3 Å². The molecule has 1 fully saturated rings. The first-order valence-corrected chi connectivity index (χ1v) is 12.2. The number of ether oxygens (including phenoxy) is 1. The minimum Gasteiger partial charge on any atom is -0.492 e. The van der Waals surface area contributed by atoms with Gasteiger partial charge in [0.2, 0.25) is 0 Å². The number of halogens is 2. The molecule has 7 nitrogen and oxygen atoms in total. The minimum atomic E-state index is -0.392. The highest BCUT2D eigenvalue weighted by Crippen LogP contribution is 2.23. The first-order valence-electron chi connectivity index (χ1n) is 11.8. The summed E-state index contributed by atoms with van der Waals surface area (Å²) < 4.78 is 22.5. The molecule has 0 radical (unpaired) electrons. The van der Waals surface area contributed by atoms with E-state index in [2.05, 4.69) is 14.9 Å². The van der Waals surface area contributed by atoms with Crippen molar-refractivity contribution in [3.8, 4) is 5.75 Å². The molecule has 9 heteroatoms. The highest BCUT2D eigenvalue weighted by Gasteiger charge is 2.18. The molecule has 182 valence electrons. The largest absolute Gasteiger partial charge is 0.492 e. The lowest BCUT2D eigenvalue weighted by Crippen LogP contribution is -2.46. The summed E-state index contributed by atoms with van der Waals surface area (Å²) in [4.78, 5) is 17.5. The van der Waals surface area contributed by atoms with Crippen molar-refractivity contribution >= 4 is 17.3 Å². The lowest BCUT2D eigenvalue weighted by Gasteiger charge is -2.36. The Morgan fingerprint density at radius 3 is 2.50 bits per heavy atom. The summed E-state index contributed by atoms with van der Waals surface area (Å²) in [5.41, 5.74) is 0.873. The standard InChI is InChI=1S/C25H31ClFN5O2/c1-2-24-28-32(25(33)31(24)17-18-34-21-7-4-3-5-8-21)12-6-11-29-13-15-30(16-14-29)20-9-10-23(27)22(26)19-20/h3-5,7-10,19H,2,6,11-18H2,1H3. The van der Waals surface area contributed by atoms with E-state index in [0.29, 0.717) is 26.1 Å². The number of aromatic nitrogens is 3. The second-order valence-corrected chi connectivity index (χ2v) is 8.78. The smallest absolute Gasteiger partial charge is 0.346 e. The lowest BCUT2D eigenvalue weighted by atomic mass is 10.2. The summed E-state index contributed by atoms with van der Waals surface area (Å²) in [6.45, 7) is 7.94. The molecule has 1 saturated heterocycles. The van der Waals surface area contributed by atoms with Gasteiger partial charge in [0, 0.05) is 51.4 Å².